The molecule has 0 amide bonds. The molecule has 2 saturated heterocycles. The molecule has 2 heterocycles. The van der Waals surface area contributed by atoms with E-state index in [1.807, 2.05) is 0 Å². The Hall–Kier alpha value is -0.220. The fourth-order valence-corrected chi connectivity index (χ4v) is 3.94. The summed E-state index contributed by atoms with van der Waals surface area (Å²) in [4.78, 5) is 0. The van der Waals surface area contributed by atoms with Crippen molar-refractivity contribution in [2.75, 3.05) is 51.8 Å². The van der Waals surface area contributed by atoms with Crippen LogP contribution in [0, 0.1) is 0 Å². The minimum atomic E-state index is -2.93. The molecule has 120 valence electrons. The first kappa shape index (κ1) is 17.8. The summed E-state index contributed by atoms with van der Waals surface area (Å²) in [5, 5.41) is 3.08. The van der Waals surface area contributed by atoms with Gasteiger partial charge in [0.2, 0.25) is 20.0 Å². The lowest BCUT2D eigenvalue weighted by molar-refractivity contribution is 0.349. The van der Waals surface area contributed by atoms with Crippen LogP contribution >= 0.6 is 0 Å². The first-order valence-electron chi connectivity index (χ1n) is 6.82. The summed E-state index contributed by atoms with van der Waals surface area (Å²) >= 11 is 0. The quantitative estimate of drug-likeness (QED) is 0.723. The van der Waals surface area contributed by atoms with Gasteiger partial charge >= 0.3 is 0 Å². The van der Waals surface area contributed by atoms with Gasteiger partial charge < -0.3 is 5.32 Å². The van der Waals surface area contributed by atoms with E-state index in [0.29, 0.717) is 13.1 Å². The third-order valence-electron chi connectivity index (χ3n) is 3.33. The molecule has 2 aliphatic heterocycles. The summed E-state index contributed by atoms with van der Waals surface area (Å²) in [5.41, 5.74) is 0. The largest absolute Gasteiger partial charge is 0.314 e. The second-order valence-electron chi connectivity index (χ2n) is 5.13. The fourth-order valence-electron chi connectivity index (χ4n) is 2.17. The molecule has 0 aromatic rings. The molecule has 7 nitrogen and oxygen atoms in total. The maximum atomic E-state index is 10.9. The van der Waals surface area contributed by atoms with Crippen LogP contribution in [0.5, 0.6) is 0 Å². The van der Waals surface area contributed by atoms with E-state index < -0.39 is 20.0 Å². The van der Waals surface area contributed by atoms with Gasteiger partial charge in [-0.3, -0.25) is 0 Å². The maximum absolute atomic E-state index is 10.9. The molecule has 0 atom stereocenters. The third-order valence-corrected chi connectivity index (χ3v) is 5.94. The van der Waals surface area contributed by atoms with Crippen LogP contribution in [0.3, 0.4) is 0 Å². The monoisotopic (exact) mass is 327 g/mol. The van der Waals surface area contributed by atoms with Crippen molar-refractivity contribution < 1.29 is 16.8 Å². The van der Waals surface area contributed by atoms with Crippen molar-refractivity contribution in [1.82, 2.24) is 13.9 Å². The van der Waals surface area contributed by atoms with E-state index in [1.165, 1.54) is 23.2 Å². The third kappa shape index (κ3) is 6.49. The van der Waals surface area contributed by atoms with E-state index in [2.05, 4.69) is 5.32 Å². The highest BCUT2D eigenvalue weighted by molar-refractivity contribution is 7.88. The van der Waals surface area contributed by atoms with Crippen molar-refractivity contribution in [2.45, 2.75) is 19.3 Å². The van der Waals surface area contributed by atoms with E-state index >= 15 is 0 Å². The van der Waals surface area contributed by atoms with E-state index in [0.717, 1.165) is 39.0 Å². The molecule has 0 radical (unpaired) electrons. The minimum Gasteiger partial charge on any atom is -0.314 e. The van der Waals surface area contributed by atoms with Crippen molar-refractivity contribution in [3.63, 3.8) is 0 Å². The number of nitrogens with zero attached hydrogens (tertiary/aromatic N) is 2. The molecule has 2 rings (SSSR count). The van der Waals surface area contributed by atoms with Gasteiger partial charge in [-0.25, -0.2) is 21.1 Å². The predicted molar refractivity (Wildman–Crippen MR) is 79.6 cm³/mol. The summed E-state index contributed by atoms with van der Waals surface area (Å²) in [5.74, 6) is 0. The molecule has 0 bridgehead atoms. The second-order valence-corrected chi connectivity index (χ2v) is 9.10. The van der Waals surface area contributed by atoms with E-state index in [4.69, 9.17) is 0 Å². The Morgan fingerprint density at radius 2 is 1.10 bits per heavy atom. The molecule has 2 fully saturated rings. The Kier molecular flexibility index (Phi) is 6.86. The second kappa shape index (κ2) is 7.69. The standard InChI is InChI=1S/C6H13NO2S.C5H12N2O2S/c1-10(8,9)7-5-3-2-4-6-7;1-10(8,9)7-4-2-6-3-5-7/h2-6H2,1H3;6H,2-5H2,1H3. The van der Waals surface area contributed by atoms with Crippen LogP contribution in [0.15, 0.2) is 0 Å². The van der Waals surface area contributed by atoms with Gasteiger partial charge in [0.15, 0.2) is 0 Å². The Morgan fingerprint density at radius 3 is 1.40 bits per heavy atom. The number of piperazine rings is 1. The van der Waals surface area contributed by atoms with Gasteiger partial charge in [0.1, 0.15) is 0 Å². The Bertz CT molecular complexity index is 432. The summed E-state index contributed by atoms with van der Waals surface area (Å²) in [6, 6.07) is 0. The molecule has 0 aromatic carbocycles. The number of piperidine rings is 1. The molecular formula is C11H25N3O4S2. The first-order chi connectivity index (χ1) is 9.21. The summed E-state index contributed by atoms with van der Waals surface area (Å²) in [6.45, 7) is 4.20. The van der Waals surface area contributed by atoms with Crippen LogP contribution in [0.1, 0.15) is 19.3 Å². The smallest absolute Gasteiger partial charge is 0.211 e. The zero-order chi connectivity index (χ0) is 15.2. The van der Waals surface area contributed by atoms with Crippen molar-refractivity contribution in [2.24, 2.45) is 0 Å². The highest BCUT2D eigenvalue weighted by Crippen LogP contribution is 2.11. The molecule has 0 unspecified atom stereocenters. The van der Waals surface area contributed by atoms with Crippen molar-refractivity contribution >= 4 is 20.0 Å². The minimum absolute atomic E-state index is 0.610. The van der Waals surface area contributed by atoms with Gasteiger partial charge in [-0.2, -0.15) is 4.31 Å². The van der Waals surface area contributed by atoms with Crippen LogP contribution in [0.2, 0.25) is 0 Å². The van der Waals surface area contributed by atoms with Crippen LogP contribution < -0.4 is 5.32 Å². The Labute approximate surface area is 122 Å². The average Bonchev–Trinajstić information content (AvgIpc) is 2.40. The fraction of sp³-hybridized carbons (Fsp3) is 1.00. The van der Waals surface area contributed by atoms with Crippen molar-refractivity contribution in [3.8, 4) is 0 Å². The molecule has 9 heteroatoms. The number of hydrogen-bond acceptors (Lipinski definition) is 5. The van der Waals surface area contributed by atoms with Crippen LogP contribution in [-0.2, 0) is 20.0 Å². The van der Waals surface area contributed by atoms with Crippen molar-refractivity contribution in [1.29, 1.82) is 0 Å². The number of nitrogens with one attached hydrogen (secondary N) is 1. The molecule has 0 saturated carbocycles. The van der Waals surface area contributed by atoms with Crippen molar-refractivity contribution in [3.05, 3.63) is 0 Å². The Balaban J connectivity index is 0.000000200. The number of rotatable bonds is 2. The molecule has 0 spiro atoms. The number of hydrogen-bond donors (Lipinski definition) is 1. The average molecular weight is 327 g/mol. The topological polar surface area (TPSA) is 86.8 Å². The van der Waals surface area contributed by atoms with Gasteiger partial charge in [-0.15, -0.1) is 0 Å². The first-order valence-corrected chi connectivity index (χ1v) is 10.5. The van der Waals surface area contributed by atoms with Gasteiger partial charge in [-0.05, 0) is 12.8 Å². The molecule has 20 heavy (non-hydrogen) atoms. The Morgan fingerprint density at radius 1 is 0.700 bits per heavy atom. The van der Waals surface area contributed by atoms with Gasteiger partial charge in [-0.1, -0.05) is 6.42 Å². The van der Waals surface area contributed by atoms with E-state index in [-0.39, 0.29) is 0 Å². The molecular weight excluding hydrogens is 302 g/mol. The van der Waals surface area contributed by atoms with E-state index in [9.17, 15) is 16.8 Å². The highest BCUT2D eigenvalue weighted by Gasteiger charge is 2.18. The lowest BCUT2D eigenvalue weighted by atomic mass is 10.2. The number of sulfonamides is 2. The van der Waals surface area contributed by atoms with Crippen LogP contribution in [-0.4, -0.2) is 77.2 Å². The summed E-state index contributed by atoms with van der Waals surface area (Å²) in [6.07, 6.45) is 5.74. The van der Waals surface area contributed by atoms with Gasteiger partial charge in [0.25, 0.3) is 0 Å². The molecule has 1 N–H and O–H groups in total. The lowest BCUT2D eigenvalue weighted by Gasteiger charge is -2.24. The van der Waals surface area contributed by atoms with Crippen LogP contribution in [0.25, 0.3) is 0 Å². The van der Waals surface area contributed by atoms with Crippen LogP contribution in [0.4, 0.5) is 0 Å². The molecule has 0 aliphatic carbocycles. The molecule has 0 aromatic heterocycles. The highest BCUT2D eigenvalue weighted by atomic mass is 32.2. The predicted octanol–water partition coefficient (Wildman–Crippen LogP) is -0.717. The normalized spacial score (nSPS) is 22.9. The summed E-state index contributed by atoms with van der Waals surface area (Å²) < 4.78 is 46.6. The maximum Gasteiger partial charge on any atom is 0.211 e. The zero-order valence-corrected chi connectivity index (χ0v) is 13.8. The van der Waals surface area contributed by atoms with Gasteiger partial charge in [0.05, 0.1) is 12.5 Å². The van der Waals surface area contributed by atoms with E-state index in [1.54, 1.807) is 4.31 Å². The zero-order valence-electron chi connectivity index (χ0n) is 12.2. The summed E-state index contributed by atoms with van der Waals surface area (Å²) in [7, 11) is -5.83. The molecule has 2 aliphatic rings. The SMILES string of the molecule is CS(=O)(=O)N1CCCCC1.CS(=O)(=O)N1CCNCC1. The van der Waals surface area contributed by atoms with Gasteiger partial charge in [0, 0.05) is 39.3 Å². The lowest BCUT2D eigenvalue weighted by Crippen LogP contribution is -2.45.